The molecule has 1 atom stereocenters. The second-order valence-corrected chi connectivity index (χ2v) is 4.84. The maximum atomic E-state index is 11.5. The van der Waals surface area contributed by atoms with Crippen LogP contribution < -0.4 is 5.48 Å². The molecule has 0 unspecified atom stereocenters. The van der Waals surface area contributed by atoms with Crippen molar-refractivity contribution in [2.24, 2.45) is 0 Å². The number of rotatable bonds is 3. The van der Waals surface area contributed by atoms with Crippen LogP contribution in [-0.2, 0) is 9.63 Å². The molecule has 0 bridgehead atoms. The van der Waals surface area contributed by atoms with Gasteiger partial charge in [0, 0.05) is 10.9 Å². The largest absolute Gasteiger partial charge is 0.297 e. The maximum absolute atomic E-state index is 11.5. The number of carbonyl (C=O) groups excluding carboxylic acids is 1. The highest BCUT2D eigenvalue weighted by atomic mass is 79.9. The molecule has 0 saturated heterocycles. The van der Waals surface area contributed by atoms with Crippen molar-refractivity contribution < 1.29 is 9.63 Å². The lowest BCUT2D eigenvalue weighted by atomic mass is 9.97. The zero-order chi connectivity index (χ0) is 11.4. The first-order valence-electron chi connectivity index (χ1n) is 5.45. The van der Waals surface area contributed by atoms with E-state index in [2.05, 4.69) is 21.4 Å². The first kappa shape index (κ1) is 11.6. The Kier molecular flexibility index (Phi) is 3.96. The number of benzene rings is 1. The Labute approximate surface area is 103 Å². The van der Waals surface area contributed by atoms with Crippen LogP contribution in [0.2, 0.25) is 0 Å². The molecule has 0 spiro atoms. The first-order chi connectivity index (χ1) is 7.75. The average Bonchev–Trinajstić information content (AvgIpc) is 2.30. The fraction of sp³-hybridized carbons (Fsp3) is 0.417. The van der Waals surface area contributed by atoms with Crippen LogP contribution in [0.25, 0.3) is 0 Å². The van der Waals surface area contributed by atoms with Gasteiger partial charge in [-0.05, 0) is 43.5 Å². The van der Waals surface area contributed by atoms with E-state index in [1.54, 1.807) is 0 Å². The number of Topliss-reactive ketones (excluding diaryl/α,β-unsaturated/α-hetero) is 1. The summed E-state index contributed by atoms with van der Waals surface area (Å²) in [7, 11) is 0. The van der Waals surface area contributed by atoms with Crippen LogP contribution >= 0.6 is 15.9 Å². The molecule has 0 radical (unpaired) electrons. The van der Waals surface area contributed by atoms with Gasteiger partial charge in [0.1, 0.15) is 6.10 Å². The molecule has 1 fully saturated rings. The third kappa shape index (κ3) is 3.06. The fourth-order valence-electron chi connectivity index (χ4n) is 1.73. The number of hydrogen-bond acceptors (Lipinski definition) is 3. The zero-order valence-corrected chi connectivity index (χ0v) is 10.5. The van der Waals surface area contributed by atoms with E-state index >= 15 is 0 Å². The number of anilines is 1. The van der Waals surface area contributed by atoms with Crippen molar-refractivity contribution >= 4 is 27.4 Å². The van der Waals surface area contributed by atoms with E-state index in [1.165, 1.54) is 0 Å². The van der Waals surface area contributed by atoms with Gasteiger partial charge in [-0.2, -0.15) is 0 Å². The monoisotopic (exact) mass is 283 g/mol. The fourth-order valence-corrected chi connectivity index (χ4v) is 2.00. The zero-order valence-electron chi connectivity index (χ0n) is 8.91. The van der Waals surface area contributed by atoms with E-state index in [0.29, 0.717) is 6.42 Å². The summed E-state index contributed by atoms with van der Waals surface area (Å²) in [5.41, 5.74) is 3.69. The molecule has 0 heterocycles. The lowest BCUT2D eigenvalue weighted by Crippen LogP contribution is -2.29. The highest BCUT2D eigenvalue weighted by Crippen LogP contribution is 2.19. The molecule has 86 valence electrons. The predicted molar refractivity (Wildman–Crippen MR) is 66.1 cm³/mol. The Hall–Kier alpha value is -0.870. The maximum Gasteiger partial charge on any atom is 0.164 e. The summed E-state index contributed by atoms with van der Waals surface area (Å²) in [5.74, 6) is 0.205. The standard InChI is InChI=1S/C12H14BrNO2/c13-9-5-7-10(8-6-9)14-16-12-4-2-1-3-11(12)15/h5-8,12,14H,1-4H2/t12-/m0/s1. The van der Waals surface area contributed by atoms with Gasteiger partial charge in [-0.15, -0.1) is 0 Å². The number of carbonyl (C=O) groups is 1. The van der Waals surface area contributed by atoms with Crippen molar-refractivity contribution in [3.8, 4) is 0 Å². The first-order valence-corrected chi connectivity index (χ1v) is 6.25. The smallest absolute Gasteiger partial charge is 0.164 e. The highest BCUT2D eigenvalue weighted by Gasteiger charge is 2.23. The quantitative estimate of drug-likeness (QED) is 0.865. The summed E-state index contributed by atoms with van der Waals surface area (Å²) in [6.45, 7) is 0. The van der Waals surface area contributed by atoms with Gasteiger partial charge >= 0.3 is 0 Å². The number of hydrogen-bond donors (Lipinski definition) is 1. The molecule has 1 aliphatic carbocycles. The molecule has 1 aromatic carbocycles. The van der Waals surface area contributed by atoms with Gasteiger partial charge in [-0.1, -0.05) is 15.9 Å². The van der Waals surface area contributed by atoms with Crippen LogP contribution in [0.15, 0.2) is 28.7 Å². The molecular weight excluding hydrogens is 270 g/mol. The van der Waals surface area contributed by atoms with Crippen molar-refractivity contribution in [2.75, 3.05) is 5.48 Å². The van der Waals surface area contributed by atoms with E-state index in [9.17, 15) is 4.79 Å². The van der Waals surface area contributed by atoms with Crippen molar-refractivity contribution in [3.05, 3.63) is 28.7 Å². The van der Waals surface area contributed by atoms with Gasteiger partial charge in [0.15, 0.2) is 5.78 Å². The average molecular weight is 284 g/mol. The Morgan fingerprint density at radius 2 is 2.00 bits per heavy atom. The van der Waals surface area contributed by atoms with Gasteiger partial charge in [0.2, 0.25) is 0 Å². The molecular formula is C12H14BrNO2. The molecule has 1 saturated carbocycles. The van der Waals surface area contributed by atoms with Crippen molar-refractivity contribution in [3.63, 3.8) is 0 Å². The van der Waals surface area contributed by atoms with Crippen LogP contribution in [0.4, 0.5) is 5.69 Å². The molecule has 0 amide bonds. The van der Waals surface area contributed by atoms with Crippen molar-refractivity contribution in [1.82, 2.24) is 0 Å². The lowest BCUT2D eigenvalue weighted by Gasteiger charge is -2.20. The third-order valence-electron chi connectivity index (χ3n) is 2.66. The van der Waals surface area contributed by atoms with Gasteiger partial charge in [-0.25, -0.2) is 0 Å². The minimum Gasteiger partial charge on any atom is -0.297 e. The van der Waals surface area contributed by atoms with Crippen LogP contribution in [0.1, 0.15) is 25.7 Å². The summed E-state index contributed by atoms with van der Waals surface area (Å²) in [4.78, 5) is 16.9. The highest BCUT2D eigenvalue weighted by molar-refractivity contribution is 9.10. The second kappa shape index (κ2) is 5.46. The van der Waals surface area contributed by atoms with Crippen LogP contribution in [0, 0.1) is 0 Å². The molecule has 3 nitrogen and oxygen atoms in total. The number of ketones is 1. The van der Waals surface area contributed by atoms with Crippen LogP contribution in [0.3, 0.4) is 0 Å². The van der Waals surface area contributed by atoms with E-state index in [4.69, 9.17) is 4.84 Å². The lowest BCUT2D eigenvalue weighted by molar-refractivity contribution is -0.131. The summed E-state index contributed by atoms with van der Waals surface area (Å²) in [6.07, 6.45) is 3.25. The Bertz CT molecular complexity index is 364. The second-order valence-electron chi connectivity index (χ2n) is 3.93. The summed E-state index contributed by atoms with van der Waals surface area (Å²) in [5, 5.41) is 0. The molecule has 2 rings (SSSR count). The SMILES string of the molecule is O=C1CCCC[C@@H]1ONc1ccc(Br)cc1. The molecule has 1 aromatic rings. The normalized spacial score (nSPS) is 20.8. The Balaban J connectivity index is 1.86. The van der Waals surface area contributed by atoms with Crippen molar-refractivity contribution in [1.29, 1.82) is 0 Å². The van der Waals surface area contributed by atoms with E-state index in [0.717, 1.165) is 29.4 Å². The summed E-state index contributed by atoms with van der Waals surface area (Å²) in [6, 6.07) is 7.65. The molecule has 0 aromatic heterocycles. The minimum atomic E-state index is -0.280. The van der Waals surface area contributed by atoms with E-state index in [1.807, 2.05) is 24.3 Å². The van der Waals surface area contributed by atoms with Crippen LogP contribution in [-0.4, -0.2) is 11.9 Å². The molecule has 1 aliphatic rings. The number of nitrogens with one attached hydrogen (secondary N) is 1. The predicted octanol–water partition coefficient (Wildman–Crippen LogP) is 3.30. The topological polar surface area (TPSA) is 38.3 Å². The molecule has 16 heavy (non-hydrogen) atoms. The minimum absolute atomic E-state index is 0.205. The number of halogens is 1. The van der Waals surface area contributed by atoms with E-state index in [-0.39, 0.29) is 11.9 Å². The van der Waals surface area contributed by atoms with Crippen molar-refractivity contribution in [2.45, 2.75) is 31.8 Å². The van der Waals surface area contributed by atoms with Crippen LogP contribution in [0.5, 0.6) is 0 Å². The third-order valence-corrected chi connectivity index (χ3v) is 3.19. The molecule has 1 N–H and O–H groups in total. The van der Waals surface area contributed by atoms with Gasteiger partial charge in [0.25, 0.3) is 0 Å². The Morgan fingerprint density at radius 3 is 2.69 bits per heavy atom. The van der Waals surface area contributed by atoms with Gasteiger partial charge in [0.05, 0.1) is 5.69 Å². The summed E-state index contributed by atoms with van der Waals surface area (Å²) < 4.78 is 1.02. The Morgan fingerprint density at radius 1 is 1.25 bits per heavy atom. The van der Waals surface area contributed by atoms with Gasteiger partial charge in [-0.3, -0.25) is 15.1 Å². The molecule has 0 aliphatic heterocycles. The summed E-state index contributed by atoms with van der Waals surface area (Å²) >= 11 is 3.36. The van der Waals surface area contributed by atoms with E-state index < -0.39 is 0 Å². The van der Waals surface area contributed by atoms with Gasteiger partial charge < -0.3 is 0 Å². The molecule has 4 heteroatoms.